The van der Waals surface area contributed by atoms with E-state index in [1.54, 1.807) is 0 Å². The number of hydrogen-bond acceptors (Lipinski definition) is 4. The number of nitrogens with one attached hydrogen (secondary N) is 1. The zero-order chi connectivity index (χ0) is 10.7. The Bertz CT molecular complexity index is 231. The summed E-state index contributed by atoms with van der Waals surface area (Å²) in [6.07, 6.45) is 2.26. The minimum absolute atomic E-state index is 0.0942. The lowest BCUT2D eigenvalue weighted by Gasteiger charge is -2.15. The van der Waals surface area contributed by atoms with Crippen LogP contribution in [0.2, 0.25) is 0 Å². The fourth-order valence-corrected chi connectivity index (χ4v) is 3.22. The van der Waals surface area contributed by atoms with Crippen LogP contribution in [0.15, 0.2) is 0 Å². The summed E-state index contributed by atoms with van der Waals surface area (Å²) < 4.78 is 5.41. The molecule has 5 heteroatoms. The third kappa shape index (κ3) is 3.09. The minimum atomic E-state index is -0.825. The minimum Gasteiger partial charge on any atom is -0.479 e. The van der Waals surface area contributed by atoms with Gasteiger partial charge in [-0.15, -0.1) is 0 Å². The molecular formula is C10H17NO3S. The Morgan fingerprint density at radius 1 is 1.47 bits per heavy atom. The molecule has 0 aliphatic carbocycles. The maximum absolute atomic E-state index is 10.7. The number of hydrogen-bond donors (Lipinski definition) is 2. The Hall–Kier alpha value is -0.260. The first-order valence-electron chi connectivity index (χ1n) is 5.45. The Morgan fingerprint density at radius 3 is 2.93 bits per heavy atom. The molecule has 2 heterocycles. The van der Waals surface area contributed by atoms with Gasteiger partial charge in [0.25, 0.3) is 0 Å². The summed E-state index contributed by atoms with van der Waals surface area (Å²) in [6.45, 7) is 0.801. The van der Waals surface area contributed by atoms with Crippen LogP contribution in [0.5, 0.6) is 0 Å². The summed E-state index contributed by atoms with van der Waals surface area (Å²) in [5, 5.41) is 12.2. The van der Waals surface area contributed by atoms with Gasteiger partial charge in [0.15, 0.2) is 6.10 Å². The van der Waals surface area contributed by atoms with Gasteiger partial charge in [0, 0.05) is 18.3 Å². The molecule has 0 aromatic heterocycles. The number of carboxylic acids is 1. The van der Waals surface area contributed by atoms with Crippen LogP contribution >= 0.6 is 11.8 Å². The normalized spacial score (nSPS) is 35.9. The van der Waals surface area contributed by atoms with Crippen LogP contribution < -0.4 is 5.32 Å². The average Bonchev–Trinajstić information content (AvgIpc) is 2.86. The van der Waals surface area contributed by atoms with Gasteiger partial charge in [-0.3, -0.25) is 0 Å². The molecule has 2 aliphatic heterocycles. The molecule has 0 aromatic rings. The highest BCUT2D eigenvalue weighted by Gasteiger charge is 2.30. The smallest absolute Gasteiger partial charge is 0.332 e. The zero-order valence-corrected chi connectivity index (χ0v) is 9.46. The predicted molar refractivity (Wildman–Crippen MR) is 59.3 cm³/mol. The number of rotatable bonds is 4. The zero-order valence-electron chi connectivity index (χ0n) is 8.65. The molecule has 3 unspecified atom stereocenters. The Balaban J connectivity index is 1.66. The van der Waals surface area contributed by atoms with E-state index in [-0.39, 0.29) is 6.10 Å². The monoisotopic (exact) mass is 231 g/mol. The first kappa shape index (κ1) is 11.2. The molecule has 0 bridgehead atoms. The van der Waals surface area contributed by atoms with E-state index in [0.29, 0.717) is 12.5 Å². The second-order valence-electron chi connectivity index (χ2n) is 4.13. The summed E-state index contributed by atoms with van der Waals surface area (Å²) in [7, 11) is 0. The van der Waals surface area contributed by atoms with Crippen molar-refractivity contribution in [3.63, 3.8) is 0 Å². The van der Waals surface area contributed by atoms with E-state index in [1.807, 2.05) is 11.8 Å². The summed E-state index contributed by atoms with van der Waals surface area (Å²) in [5.41, 5.74) is 0. The summed E-state index contributed by atoms with van der Waals surface area (Å²) in [4.78, 5) is 10.7. The number of aliphatic carboxylic acids is 1. The molecule has 2 fully saturated rings. The van der Waals surface area contributed by atoms with Crippen molar-refractivity contribution >= 4 is 17.7 Å². The molecule has 86 valence electrons. The fraction of sp³-hybridized carbons (Fsp3) is 0.900. The average molecular weight is 231 g/mol. The molecular weight excluding hydrogens is 214 g/mol. The predicted octanol–water partition coefficient (Wildman–Crippen LogP) is 0.714. The first-order valence-corrected chi connectivity index (χ1v) is 6.60. The van der Waals surface area contributed by atoms with Crippen LogP contribution in [0, 0.1) is 0 Å². The van der Waals surface area contributed by atoms with E-state index in [9.17, 15) is 4.79 Å². The van der Waals surface area contributed by atoms with E-state index in [0.717, 1.165) is 13.0 Å². The van der Waals surface area contributed by atoms with Crippen LogP contribution in [0.25, 0.3) is 0 Å². The molecule has 2 aliphatic rings. The maximum Gasteiger partial charge on any atom is 0.332 e. The van der Waals surface area contributed by atoms with E-state index in [2.05, 4.69) is 5.32 Å². The molecule has 2 rings (SSSR count). The van der Waals surface area contributed by atoms with Gasteiger partial charge in [0.05, 0.1) is 6.10 Å². The highest BCUT2D eigenvalue weighted by atomic mass is 32.2. The number of ether oxygens (including phenoxy) is 1. The second-order valence-corrected chi connectivity index (χ2v) is 5.28. The Labute approximate surface area is 93.8 Å². The van der Waals surface area contributed by atoms with Crippen LogP contribution in [0.3, 0.4) is 0 Å². The highest BCUT2D eigenvalue weighted by Crippen LogP contribution is 2.21. The number of thioether (sulfide) groups is 1. The fourth-order valence-electron chi connectivity index (χ4n) is 2.03. The van der Waals surface area contributed by atoms with E-state index >= 15 is 0 Å². The molecule has 4 nitrogen and oxygen atoms in total. The lowest BCUT2D eigenvalue weighted by Crippen LogP contribution is -2.36. The standard InChI is InChI=1S/C10H17NO3S/c12-10(13)9-2-1-8(14-9)5-11-7-3-4-15-6-7/h7-9,11H,1-6H2,(H,12,13). The van der Waals surface area contributed by atoms with Gasteiger partial charge in [0.1, 0.15) is 0 Å². The molecule has 3 atom stereocenters. The second kappa shape index (κ2) is 5.18. The quantitative estimate of drug-likeness (QED) is 0.746. The lowest BCUT2D eigenvalue weighted by atomic mass is 10.2. The van der Waals surface area contributed by atoms with Crippen molar-refractivity contribution in [2.45, 2.75) is 37.5 Å². The van der Waals surface area contributed by atoms with Crippen molar-refractivity contribution in [1.82, 2.24) is 5.32 Å². The van der Waals surface area contributed by atoms with Crippen LogP contribution in [0.1, 0.15) is 19.3 Å². The van der Waals surface area contributed by atoms with Crippen molar-refractivity contribution < 1.29 is 14.6 Å². The van der Waals surface area contributed by atoms with Crippen molar-refractivity contribution in [1.29, 1.82) is 0 Å². The van der Waals surface area contributed by atoms with Crippen molar-refractivity contribution in [3.8, 4) is 0 Å². The lowest BCUT2D eigenvalue weighted by molar-refractivity contribution is -0.149. The first-order chi connectivity index (χ1) is 7.25. The molecule has 2 N–H and O–H groups in total. The highest BCUT2D eigenvalue weighted by molar-refractivity contribution is 7.99. The van der Waals surface area contributed by atoms with Gasteiger partial charge in [-0.25, -0.2) is 4.79 Å². The molecule has 15 heavy (non-hydrogen) atoms. The molecule has 2 saturated heterocycles. The summed E-state index contributed by atoms with van der Waals surface area (Å²) >= 11 is 1.97. The molecule has 0 saturated carbocycles. The van der Waals surface area contributed by atoms with Crippen molar-refractivity contribution in [2.75, 3.05) is 18.1 Å². The van der Waals surface area contributed by atoms with E-state index < -0.39 is 12.1 Å². The van der Waals surface area contributed by atoms with Crippen LogP contribution in [-0.2, 0) is 9.53 Å². The van der Waals surface area contributed by atoms with Gasteiger partial charge >= 0.3 is 5.97 Å². The number of carbonyl (C=O) groups is 1. The van der Waals surface area contributed by atoms with Gasteiger partial charge in [0.2, 0.25) is 0 Å². The Morgan fingerprint density at radius 2 is 2.33 bits per heavy atom. The van der Waals surface area contributed by atoms with Gasteiger partial charge in [-0.1, -0.05) is 0 Å². The van der Waals surface area contributed by atoms with Crippen LogP contribution in [0.4, 0.5) is 0 Å². The van der Waals surface area contributed by atoms with Crippen molar-refractivity contribution in [2.24, 2.45) is 0 Å². The third-order valence-electron chi connectivity index (χ3n) is 2.95. The molecule has 0 spiro atoms. The maximum atomic E-state index is 10.7. The third-order valence-corrected chi connectivity index (χ3v) is 4.11. The van der Waals surface area contributed by atoms with E-state index in [1.165, 1.54) is 17.9 Å². The van der Waals surface area contributed by atoms with Crippen LogP contribution in [-0.4, -0.2) is 47.4 Å². The summed E-state index contributed by atoms with van der Waals surface area (Å²) in [6, 6.07) is 0.600. The largest absolute Gasteiger partial charge is 0.479 e. The van der Waals surface area contributed by atoms with Crippen molar-refractivity contribution in [3.05, 3.63) is 0 Å². The topological polar surface area (TPSA) is 58.6 Å². The molecule has 0 aromatic carbocycles. The number of carboxylic acid groups (broad SMARTS) is 1. The van der Waals surface area contributed by atoms with Gasteiger partial charge in [-0.2, -0.15) is 11.8 Å². The molecule has 0 amide bonds. The van der Waals surface area contributed by atoms with Gasteiger partial charge in [-0.05, 0) is 25.0 Å². The SMILES string of the molecule is O=C(O)C1CCC(CNC2CCSC2)O1. The van der Waals surface area contributed by atoms with E-state index in [4.69, 9.17) is 9.84 Å². The van der Waals surface area contributed by atoms with Gasteiger partial charge < -0.3 is 15.2 Å². The Kier molecular flexibility index (Phi) is 3.88. The molecule has 0 radical (unpaired) electrons. The summed E-state index contributed by atoms with van der Waals surface area (Å²) in [5.74, 6) is 1.59.